The molecule has 0 aliphatic carbocycles. The molecule has 0 saturated carbocycles. The number of nitrogens with zero attached hydrogens (tertiary/aromatic N) is 2. The van der Waals surface area contributed by atoms with E-state index in [9.17, 15) is 0 Å². The lowest BCUT2D eigenvalue weighted by molar-refractivity contribution is -0.696. The Labute approximate surface area is 258 Å². The molecule has 0 fully saturated rings. The second kappa shape index (κ2) is 33.7. The molecule has 13 heteroatoms. The van der Waals surface area contributed by atoms with Gasteiger partial charge in [0.25, 0.3) is 0 Å². The molecule has 0 atom stereocenters. The number of ether oxygens (including phenoxy) is 11. The van der Waals surface area contributed by atoms with Gasteiger partial charge < -0.3 is 52.1 Å². The smallest absolute Gasteiger partial charge is 0.243 e. The van der Waals surface area contributed by atoms with Crippen molar-refractivity contribution in [3.05, 3.63) is 18.7 Å². The number of rotatable bonds is 36. The summed E-state index contributed by atoms with van der Waals surface area (Å²) < 4.78 is 64.0. The predicted molar refractivity (Wildman–Crippen MR) is 160 cm³/mol. The largest absolute Gasteiger partial charge is 0.382 e. The average molecular weight is 624 g/mol. The topological polar surface area (TPSA) is 110 Å². The van der Waals surface area contributed by atoms with Crippen molar-refractivity contribution in [3.63, 3.8) is 0 Å². The van der Waals surface area contributed by atoms with Gasteiger partial charge in [-0.3, -0.25) is 0 Å². The maximum atomic E-state index is 5.64. The zero-order valence-electron chi connectivity index (χ0n) is 26.8. The molecule has 1 rings (SSSR count). The fraction of sp³-hybridized carbons (Fsp3) is 0.900. The molecule has 1 aromatic rings. The van der Waals surface area contributed by atoms with Crippen molar-refractivity contribution in [2.45, 2.75) is 32.9 Å². The monoisotopic (exact) mass is 623 g/mol. The van der Waals surface area contributed by atoms with Crippen LogP contribution >= 0.6 is 0 Å². The van der Waals surface area contributed by atoms with Crippen LogP contribution in [0.5, 0.6) is 0 Å². The molecule has 0 aromatic carbocycles. The molecular weight excluding hydrogens is 564 g/mol. The molecule has 0 unspecified atom stereocenters. The third-order valence-corrected chi connectivity index (χ3v) is 5.79. The first-order valence-electron chi connectivity index (χ1n) is 15.7. The highest BCUT2D eigenvalue weighted by atomic mass is 16.6. The number of aromatic nitrogens is 2. The van der Waals surface area contributed by atoms with Gasteiger partial charge in [0.2, 0.25) is 6.33 Å². The second-order valence-electron chi connectivity index (χ2n) is 9.36. The number of methoxy groups -OCH3 is 1. The van der Waals surface area contributed by atoms with E-state index in [1.54, 1.807) is 7.11 Å². The third kappa shape index (κ3) is 29.3. The fourth-order valence-electron chi connectivity index (χ4n) is 3.44. The molecule has 0 aliphatic rings. The summed E-state index contributed by atoms with van der Waals surface area (Å²) in [4.78, 5) is 0. The Hall–Kier alpha value is -1.23. The minimum Gasteiger partial charge on any atom is -0.382 e. The number of hydrogen-bond donors (Lipinski definition) is 0. The first-order valence-corrected chi connectivity index (χ1v) is 15.7. The van der Waals surface area contributed by atoms with E-state index in [0.717, 1.165) is 13.1 Å². The molecular formula is C30H59N2O11+. The van der Waals surface area contributed by atoms with Gasteiger partial charge in [-0.2, -0.15) is 0 Å². The minimum atomic E-state index is 0.521. The van der Waals surface area contributed by atoms with E-state index in [-0.39, 0.29) is 0 Å². The predicted octanol–water partition coefficient (Wildman–Crippen LogP) is 1.39. The molecule has 43 heavy (non-hydrogen) atoms. The van der Waals surface area contributed by atoms with Crippen LogP contribution in [0.1, 0.15) is 19.8 Å². The zero-order chi connectivity index (χ0) is 30.7. The van der Waals surface area contributed by atoms with Crippen molar-refractivity contribution < 1.29 is 56.7 Å². The van der Waals surface area contributed by atoms with Crippen molar-refractivity contribution in [1.82, 2.24) is 4.57 Å². The van der Waals surface area contributed by atoms with Gasteiger partial charge in [0.1, 0.15) is 18.9 Å². The molecule has 0 N–H and O–H groups in total. The lowest BCUT2D eigenvalue weighted by Crippen LogP contribution is -2.30. The van der Waals surface area contributed by atoms with Gasteiger partial charge in [0.05, 0.1) is 145 Å². The number of aryl methyl sites for hydroxylation is 1. The molecule has 1 aromatic heterocycles. The second-order valence-corrected chi connectivity index (χ2v) is 9.36. The van der Waals surface area contributed by atoms with Crippen LogP contribution in [0.3, 0.4) is 0 Å². The highest BCUT2D eigenvalue weighted by Gasteiger charge is 2.03. The van der Waals surface area contributed by atoms with Gasteiger partial charge in [0.15, 0.2) is 0 Å². The van der Waals surface area contributed by atoms with Crippen LogP contribution in [0.4, 0.5) is 0 Å². The molecule has 0 amide bonds. The van der Waals surface area contributed by atoms with Gasteiger partial charge in [-0.1, -0.05) is 13.3 Å². The summed E-state index contributed by atoms with van der Waals surface area (Å²) in [6, 6.07) is 0. The van der Waals surface area contributed by atoms with Crippen LogP contribution in [0.25, 0.3) is 0 Å². The van der Waals surface area contributed by atoms with Crippen molar-refractivity contribution >= 4 is 0 Å². The SMILES string of the molecule is CCCC[n+]1ccn(CCOCCOCCOCCOCCOCCOCCOCCOCCOCCOCCOC)c1. The number of imidazole rings is 1. The molecule has 1 heterocycles. The van der Waals surface area contributed by atoms with Crippen LogP contribution in [-0.2, 0) is 65.2 Å². The summed E-state index contributed by atoms with van der Waals surface area (Å²) in [5.74, 6) is 0. The number of unbranched alkanes of at least 4 members (excludes halogenated alkanes) is 1. The van der Waals surface area contributed by atoms with Gasteiger partial charge in [-0.15, -0.1) is 0 Å². The van der Waals surface area contributed by atoms with Crippen LogP contribution in [0, 0.1) is 0 Å². The maximum absolute atomic E-state index is 5.64. The average Bonchev–Trinajstić information content (AvgIpc) is 3.48. The van der Waals surface area contributed by atoms with E-state index >= 15 is 0 Å². The van der Waals surface area contributed by atoms with Crippen LogP contribution in [0.15, 0.2) is 18.7 Å². The molecule has 0 bridgehead atoms. The van der Waals surface area contributed by atoms with Crippen molar-refractivity contribution in [1.29, 1.82) is 0 Å². The van der Waals surface area contributed by atoms with Crippen LogP contribution in [0.2, 0.25) is 0 Å². The fourth-order valence-corrected chi connectivity index (χ4v) is 3.44. The first kappa shape index (κ1) is 39.8. The molecule has 0 radical (unpaired) electrons. The van der Waals surface area contributed by atoms with Gasteiger partial charge in [-0.05, 0) is 6.42 Å². The standard InChI is InChI=1S/C30H59N2O11/c1-3-4-5-31-6-7-32(30-31)8-9-34-12-13-36-16-17-38-20-21-40-24-25-42-28-29-43-27-26-41-23-22-39-19-18-37-15-14-35-11-10-33-2/h6-7,30H,3-5,8-29H2,1-2H3/q+1. The van der Waals surface area contributed by atoms with Gasteiger partial charge >= 0.3 is 0 Å². The van der Waals surface area contributed by atoms with Crippen LogP contribution < -0.4 is 4.57 Å². The Morgan fingerprint density at radius 1 is 0.465 bits per heavy atom. The Morgan fingerprint density at radius 3 is 1.12 bits per heavy atom. The third-order valence-electron chi connectivity index (χ3n) is 5.79. The molecule has 254 valence electrons. The lowest BCUT2D eigenvalue weighted by atomic mass is 10.3. The number of hydrogen-bond acceptors (Lipinski definition) is 11. The van der Waals surface area contributed by atoms with Gasteiger partial charge in [0, 0.05) is 7.11 Å². The zero-order valence-corrected chi connectivity index (χ0v) is 26.8. The van der Waals surface area contributed by atoms with Crippen LogP contribution in [-0.4, -0.2) is 150 Å². The van der Waals surface area contributed by atoms with E-state index < -0.39 is 0 Å². The minimum absolute atomic E-state index is 0.521. The summed E-state index contributed by atoms with van der Waals surface area (Å²) in [5.41, 5.74) is 0. The van der Waals surface area contributed by atoms with Crippen molar-refractivity contribution in [2.75, 3.05) is 146 Å². The molecule has 0 spiro atoms. The first-order chi connectivity index (χ1) is 21.4. The molecule has 13 nitrogen and oxygen atoms in total. The summed E-state index contributed by atoms with van der Waals surface area (Å²) >= 11 is 0. The summed E-state index contributed by atoms with van der Waals surface area (Å²) in [7, 11) is 1.65. The van der Waals surface area contributed by atoms with Crippen molar-refractivity contribution in [3.8, 4) is 0 Å². The van der Waals surface area contributed by atoms with Gasteiger partial charge in [-0.25, -0.2) is 9.13 Å². The Bertz CT molecular complexity index is 670. The molecule has 0 saturated heterocycles. The quantitative estimate of drug-likeness (QED) is 0.0799. The summed E-state index contributed by atoms with van der Waals surface area (Å²) in [6.45, 7) is 15.6. The summed E-state index contributed by atoms with van der Waals surface area (Å²) in [5, 5.41) is 0. The van der Waals surface area contributed by atoms with E-state index in [1.165, 1.54) is 12.8 Å². The Balaban J connectivity index is 1.65. The highest BCUT2D eigenvalue weighted by molar-refractivity contribution is 4.65. The summed E-state index contributed by atoms with van der Waals surface area (Å²) in [6.07, 6.45) is 8.73. The normalized spacial score (nSPS) is 11.6. The van der Waals surface area contributed by atoms with Crippen molar-refractivity contribution in [2.24, 2.45) is 0 Å². The molecule has 0 aliphatic heterocycles. The highest BCUT2D eigenvalue weighted by Crippen LogP contribution is 1.91. The maximum Gasteiger partial charge on any atom is 0.243 e. The Morgan fingerprint density at radius 2 is 0.791 bits per heavy atom. The van der Waals surface area contributed by atoms with E-state index in [0.29, 0.717) is 139 Å². The van der Waals surface area contributed by atoms with E-state index in [2.05, 4.69) is 34.8 Å². The Kier molecular flexibility index (Phi) is 31.1. The van der Waals surface area contributed by atoms with E-state index in [1.807, 2.05) is 0 Å². The lowest BCUT2D eigenvalue weighted by Gasteiger charge is -2.09. The van der Waals surface area contributed by atoms with E-state index in [4.69, 9.17) is 52.1 Å².